The summed E-state index contributed by atoms with van der Waals surface area (Å²) in [6, 6.07) is 0. The van der Waals surface area contributed by atoms with Crippen molar-refractivity contribution in [2.45, 2.75) is 33.1 Å². The Kier molecular flexibility index (Phi) is 5.76. The fraction of sp³-hybridized carbons (Fsp3) is 0.318. The molecule has 0 radical (unpaired) electrons. The van der Waals surface area contributed by atoms with E-state index < -0.39 is 59.2 Å². The zero-order chi connectivity index (χ0) is 24.8. The van der Waals surface area contributed by atoms with Crippen LogP contribution in [0.3, 0.4) is 0 Å². The topological polar surface area (TPSA) is 179 Å². The Morgan fingerprint density at radius 2 is 1.70 bits per heavy atom. The molecule has 1 amide bonds. The van der Waals surface area contributed by atoms with Crippen molar-refractivity contribution in [1.29, 1.82) is 0 Å². The summed E-state index contributed by atoms with van der Waals surface area (Å²) >= 11 is 0. The number of ketones is 3. The van der Waals surface area contributed by atoms with Crippen LogP contribution in [0.25, 0.3) is 0 Å². The molecule has 1 aliphatic heterocycles. The van der Waals surface area contributed by atoms with Crippen molar-refractivity contribution in [2.24, 2.45) is 0 Å². The third-order valence-corrected chi connectivity index (χ3v) is 5.71. The number of carbonyl (C=O) groups is 5. The molecule has 174 valence electrons. The number of amides is 1. The Morgan fingerprint density at radius 1 is 1.06 bits per heavy atom. The smallest absolute Gasteiger partial charge is 0.322 e. The number of aliphatic carboxylic acids is 1. The number of hydrogen-bond acceptors (Lipinski definition) is 9. The molecule has 1 atom stereocenters. The number of Topliss-reactive ketones (excluding diaryl/α,β-unsaturated/α-hetero) is 2. The van der Waals surface area contributed by atoms with Gasteiger partial charge in [-0.05, 0) is 27.7 Å². The number of carboxylic acid groups (broad SMARTS) is 1. The first kappa shape index (κ1) is 23.5. The van der Waals surface area contributed by atoms with E-state index in [9.17, 15) is 34.2 Å². The van der Waals surface area contributed by atoms with E-state index in [1.165, 1.54) is 27.7 Å². The van der Waals surface area contributed by atoms with Gasteiger partial charge in [0.05, 0.1) is 17.7 Å². The fourth-order valence-corrected chi connectivity index (χ4v) is 3.90. The van der Waals surface area contributed by atoms with Crippen LogP contribution in [0.5, 0.6) is 17.2 Å². The normalized spacial score (nSPS) is 20.3. The number of phenolic OH excluding ortho intramolecular Hbond substituents is 2. The van der Waals surface area contributed by atoms with Crippen molar-refractivity contribution in [3.8, 4) is 17.2 Å². The third-order valence-electron chi connectivity index (χ3n) is 5.71. The lowest BCUT2D eigenvalue weighted by Crippen LogP contribution is -2.42. The maximum Gasteiger partial charge on any atom is 0.322 e. The second-order valence-corrected chi connectivity index (χ2v) is 7.91. The van der Waals surface area contributed by atoms with Crippen molar-refractivity contribution in [1.82, 2.24) is 10.6 Å². The van der Waals surface area contributed by atoms with E-state index in [0.29, 0.717) is 0 Å². The zero-order valence-electron chi connectivity index (χ0n) is 18.3. The molecule has 11 nitrogen and oxygen atoms in total. The van der Waals surface area contributed by atoms with Gasteiger partial charge in [0.2, 0.25) is 5.91 Å². The van der Waals surface area contributed by atoms with E-state index in [1.807, 2.05) is 0 Å². The number of benzene rings is 1. The number of nitrogens with one attached hydrogen (secondary N) is 2. The summed E-state index contributed by atoms with van der Waals surface area (Å²) in [5, 5.41) is 34.5. The number of carboxylic acids is 1. The van der Waals surface area contributed by atoms with Crippen LogP contribution in [0.1, 0.15) is 42.3 Å². The molecule has 5 N–H and O–H groups in total. The van der Waals surface area contributed by atoms with Gasteiger partial charge in [-0.3, -0.25) is 24.0 Å². The van der Waals surface area contributed by atoms with Gasteiger partial charge in [-0.1, -0.05) is 0 Å². The second-order valence-electron chi connectivity index (χ2n) is 7.91. The molecule has 0 fully saturated rings. The van der Waals surface area contributed by atoms with Crippen LogP contribution in [0.2, 0.25) is 0 Å². The summed E-state index contributed by atoms with van der Waals surface area (Å²) in [5.74, 6) is -5.15. The first-order valence-corrected chi connectivity index (χ1v) is 9.84. The molecular formula is C22H22N2O9. The van der Waals surface area contributed by atoms with Crippen molar-refractivity contribution < 1.29 is 44.0 Å². The van der Waals surface area contributed by atoms with Gasteiger partial charge in [0.15, 0.2) is 17.3 Å². The van der Waals surface area contributed by atoms with E-state index in [-0.39, 0.29) is 39.5 Å². The second kappa shape index (κ2) is 8.08. The molecule has 1 aromatic rings. The first-order valence-electron chi connectivity index (χ1n) is 9.84. The highest BCUT2D eigenvalue weighted by Gasteiger charge is 2.56. The van der Waals surface area contributed by atoms with Gasteiger partial charge >= 0.3 is 5.97 Å². The molecule has 1 heterocycles. The predicted molar refractivity (Wildman–Crippen MR) is 112 cm³/mol. The number of aromatic hydroxyl groups is 2. The third kappa shape index (κ3) is 3.60. The summed E-state index contributed by atoms with van der Waals surface area (Å²) in [4.78, 5) is 60.8. The molecule has 0 spiro atoms. The molecule has 11 heteroatoms. The van der Waals surface area contributed by atoms with E-state index >= 15 is 0 Å². The molecule has 0 aromatic heterocycles. The molecule has 0 saturated heterocycles. The Labute approximate surface area is 187 Å². The average molecular weight is 458 g/mol. The molecular weight excluding hydrogens is 436 g/mol. The number of hydrogen-bond donors (Lipinski definition) is 5. The monoisotopic (exact) mass is 458 g/mol. The summed E-state index contributed by atoms with van der Waals surface area (Å²) in [5.41, 5.74) is -2.19. The number of fused-ring (bicyclic) bond motifs is 3. The van der Waals surface area contributed by atoms with Gasteiger partial charge in [0, 0.05) is 17.3 Å². The van der Waals surface area contributed by atoms with Crippen molar-refractivity contribution in [3.05, 3.63) is 39.8 Å². The van der Waals surface area contributed by atoms with Crippen molar-refractivity contribution in [3.63, 3.8) is 0 Å². The summed E-state index contributed by atoms with van der Waals surface area (Å²) in [6.07, 6.45) is 1.06. The summed E-state index contributed by atoms with van der Waals surface area (Å²) in [6.45, 7) is 4.41. The summed E-state index contributed by atoms with van der Waals surface area (Å²) < 4.78 is 5.66. The highest BCUT2D eigenvalue weighted by Crippen LogP contribution is 2.57. The Balaban J connectivity index is 2.07. The van der Waals surface area contributed by atoms with Crippen LogP contribution in [0, 0.1) is 6.92 Å². The number of allylic oxidation sites excluding steroid dienone is 4. The minimum absolute atomic E-state index is 0.0230. The van der Waals surface area contributed by atoms with Gasteiger partial charge in [-0.15, -0.1) is 0 Å². The standard InChI is InChI=1S/C22H22N2O9/c1-8-18(30)16(10(3)25)20-17(19(8)31)22(4)12(33-20)5-11(26)15(21(22)32)9(2)23-6-13(27)24-7-14(28)29/h5,23,30-31H,6-7H2,1-4H3,(H,24,27)(H,28,29)/t22-/m0/s1. The molecule has 3 rings (SSSR count). The minimum Gasteiger partial charge on any atom is -0.507 e. The molecule has 0 unspecified atom stereocenters. The maximum atomic E-state index is 13.6. The number of carbonyl (C=O) groups excluding carboxylic acids is 4. The fourth-order valence-electron chi connectivity index (χ4n) is 3.90. The molecule has 0 bridgehead atoms. The van der Waals surface area contributed by atoms with Crippen LogP contribution < -0.4 is 15.4 Å². The van der Waals surface area contributed by atoms with Crippen LogP contribution in [-0.4, -0.2) is 57.6 Å². The predicted octanol–water partition coefficient (Wildman–Crippen LogP) is 0.359. The highest BCUT2D eigenvalue weighted by atomic mass is 16.5. The van der Waals surface area contributed by atoms with E-state index in [0.717, 1.165) is 6.08 Å². The molecule has 2 aliphatic rings. The molecule has 33 heavy (non-hydrogen) atoms. The van der Waals surface area contributed by atoms with Crippen molar-refractivity contribution in [2.75, 3.05) is 13.1 Å². The Hall–Kier alpha value is -4.15. The van der Waals surface area contributed by atoms with Crippen LogP contribution >= 0.6 is 0 Å². The molecule has 1 aliphatic carbocycles. The maximum absolute atomic E-state index is 13.6. The largest absolute Gasteiger partial charge is 0.507 e. The zero-order valence-corrected chi connectivity index (χ0v) is 18.3. The lowest BCUT2D eigenvalue weighted by atomic mass is 9.70. The van der Waals surface area contributed by atoms with Crippen LogP contribution in [-0.2, 0) is 24.6 Å². The van der Waals surface area contributed by atoms with Crippen LogP contribution in [0.4, 0.5) is 0 Å². The first-order chi connectivity index (χ1) is 15.3. The Bertz CT molecular complexity index is 1210. The SMILES string of the molecule is CC(=O)c1c(O)c(C)c(O)c2c1OC1=CC(=O)C(=C(C)NCC(=O)NCC(=O)O)C(=O)[C@@]12C. The minimum atomic E-state index is -1.67. The van der Waals surface area contributed by atoms with E-state index in [1.54, 1.807) is 0 Å². The van der Waals surface area contributed by atoms with E-state index in [2.05, 4.69) is 10.6 Å². The number of ether oxygens (including phenoxy) is 1. The van der Waals surface area contributed by atoms with Crippen LogP contribution in [0.15, 0.2) is 23.1 Å². The van der Waals surface area contributed by atoms with Gasteiger partial charge in [0.1, 0.15) is 40.5 Å². The van der Waals surface area contributed by atoms with Gasteiger partial charge in [0.25, 0.3) is 0 Å². The molecule has 1 aromatic carbocycles. The summed E-state index contributed by atoms with van der Waals surface area (Å²) in [7, 11) is 0. The lowest BCUT2D eigenvalue weighted by molar-refractivity contribution is -0.137. The van der Waals surface area contributed by atoms with Gasteiger partial charge in [-0.2, -0.15) is 0 Å². The van der Waals surface area contributed by atoms with Crippen molar-refractivity contribution >= 4 is 29.2 Å². The van der Waals surface area contributed by atoms with Gasteiger partial charge < -0.3 is 30.7 Å². The number of rotatable bonds is 6. The van der Waals surface area contributed by atoms with Gasteiger partial charge in [-0.25, -0.2) is 0 Å². The average Bonchev–Trinajstić information content (AvgIpc) is 3.02. The quantitative estimate of drug-likeness (QED) is 0.227. The highest BCUT2D eigenvalue weighted by molar-refractivity contribution is 6.31. The number of phenols is 2. The van der Waals surface area contributed by atoms with E-state index in [4.69, 9.17) is 9.84 Å². The Morgan fingerprint density at radius 3 is 2.27 bits per heavy atom. The lowest BCUT2D eigenvalue weighted by Gasteiger charge is -2.29. The molecule has 0 saturated carbocycles.